The minimum absolute atomic E-state index is 0.0231. The molecule has 2 aromatic rings. The Balaban J connectivity index is 2.49. The zero-order chi connectivity index (χ0) is 13.3. The van der Waals surface area contributed by atoms with Gasteiger partial charge in [-0.15, -0.1) is 11.3 Å². The van der Waals surface area contributed by atoms with Gasteiger partial charge in [0.25, 0.3) is 0 Å². The van der Waals surface area contributed by atoms with Crippen molar-refractivity contribution in [2.75, 3.05) is 7.11 Å². The average molecular weight is 325 g/mol. The number of halogens is 1. The van der Waals surface area contributed by atoms with Crippen molar-refractivity contribution in [1.82, 2.24) is 0 Å². The Morgan fingerprint density at radius 1 is 1.28 bits per heavy atom. The van der Waals surface area contributed by atoms with E-state index in [9.17, 15) is 4.79 Å². The van der Waals surface area contributed by atoms with Crippen LogP contribution in [0.5, 0.6) is 5.75 Å². The molecule has 0 fully saturated rings. The first kappa shape index (κ1) is 13.3. The van der Waals surface area contributed by atoms with E-state index in [1.807, 2.05) is 32.0 Å². The lowest BCUT2D eigenvalue weighted by molar-refractivity contribution is 0.103. The molecule has 1 aromatic carbocycles. The molecular weight excluding hydrogens is 312 g/mol. The Hall–Kier alpha value is -1.13. The van der Waals surface area contributed by atoms with Crippen LogP contribution in [0.15, 0.2) is 28.7 Å². The molecule has 2 rings (SSSR count). The Labute approximate surface area is 119 Å². The van der Waals surface area contributed by atoms with Crippen molar-refractivity contribution in [3.63, 3.8) is 0 Å². The molecule has 94 valence electrons. The molecule has 0 N–H and O–H groups in total. The lowest BCUT2D eigenvalue weighted by Gasteiger charge is -2.07. The van der Waals surface area contributed by atoms with Crippen LogP contribution in [0.1, 0.15) is 25.7 Å². The van der Waals surface area contributed by atoms with E-state index < -0.39 is 0 Å². The van der Waals surface area contributed by atoms with Crippen LogP contribution < -0.4 is 4.74 Å². The molecule has 0 aliphatic carbocycles. The molecule has 2 nitrogen and oxygen atoms in total. The van der Waals surface area contributed by atoms with E-state index >= 15 is 0 Å². The van der Waals surface area contributed by atoms with Crippen molar-refractivity contribution >= 4 is 33.0 Å². The Morgan fingerprint density at radius 3 is 2.56 bits per heavy atom. The van der Waals surface area contributed by atoms with Gasteiger partial charge in [-0.25, -0.2) is 0 Å². The highest BCUT2D eigenvalue weighted by molar-refractivity contribution is 9.10. The van der Waals surface area contributed by atoms with Gasteiger partial charge in [-0.2, -0.15) is 0 Å². The topological polar surface area (TPSA) is 26.3 Å². The van der Waals surface area contributed by atoms with E-state index in [-0.39, 0.29) is 5.78 Å². The Kier molecular flexibility index (Phi) is 3.88. The molecule has 0 saturated heterocycles. The molecule has 18 heavy (non-hydrogen) atoms. The van der Waals surface area contributed by atoms with Crippen LogP contribution in [0.2, 0.25) is 0 Å². The summed E-state index contributed by atoms with van der Waals surface area (Å²) >= 11 is 4.90. The van der Waals surface area contributed by atoms with Crippen molar-refractivity contribution in [3.8, 4) is 5.75 Å². The zero-order valence-corrected chi connectivity index (χ0v) is 12.8. The second kappa shape index (κ2) is 5.24. The zero-order valence-electron chi connectivity index (χ0n) is 10.4. The molecule has 0 saturated carbocycles. The number of methoxy groups -OCH3 is 1. The minimum Gasteiger partial charge on any atom is -0.496 e. The third-order valence-corrected chi connectivity index (χ3v) is 4.30. The van der Waals surface area contributed by atoms with Gasteiger partial charge in [0.2, 0.25) is 5.78 Å². The summed E-state index contributed by atoms with van der Waals surface area (Å²) < 4.78 is 6.17. The van der Waals surface area contributed by atoms with Crippen molar-refractivity contribution in [1.29, 1.82) is 0 Å². The van der Waals surface area contributed by atoms with E-state index in [0.29, 0.717) is 11.3 Å². The predicted octanol–water partition coefficient (Wildman–Crippen LogP) is 4.37. The highest BCUT2D eigenvalue weighted by atomic mass is 79.9. The van der Waals surface area contributed by atoms with Crippen molar-refractivity contribution in [2.24, 2.45) is 0 Å². The van der Waals surface area contributed by atoms with Crippen LogP contribution in [-0.2, 0) is 0 Å². The van der Waals surface area contributed by atoms with E-state index in [4.69, 9.17) is 4.74 Å². The molecule has 4 heteroatoms. The number of rotatable bonds is 3. The molecule has 0 bridgehead atoms. The lowest BCUT2D eigenvalue weighted by atomic mass is 10.1. The third-order valence-electron chi connectivity index (χ3n) is 2.66. The molecule has 0 aliphatic rings. The molecule has 1 aromatic heterocycles. The fraction of sp³-hybridized carbons (Fsp3) is 0.214. The first-order chi connectivity index (χ1) is 8.52. The number of carbonyl (C=O) groups excluding carboxylic acids is 1. The van der Waals surface area contributed by atoms with Crippen molar-refractivity contribution < 1.29 is 9.53 Å². The molecule has 0 atom stereocenters. The molecule has 0 aliphatic heterocycles. The molecule has 0 spiro atoms. The summed E-state index contributed by atoms with van der Waals surface area (Å²) in [5.41, 5.74) is 1.62. The normalized spacial score (nSPS) is 10.4. The summed E-state index contributed by atoms with van der Waals surface area (Å²) in [4.78, 5) is 14.4. The summed E-state index contributed by atoms with van der Waals surface area (Å²) in [5, 5.41) is 0. The van der Waals surface area contributed by atoms with Gasteiger partial charge < -0.3 is 4.74 Å². The number of carbonyl (C=O) groups is 1. The fourth-order valence-electron chi connectivity index (χ4n) is 1.84. The summed E-state index contributed by atoms with van der Waals surface area (Å²) in [7, 11) is 1.57. The monoisotopic (exact) mass is 324 g/mol. The van der Waals surface area contributed by atoms with Crippen LogP contribution in [0, 0.1) is 13.8 Å². The lowest BCUT2D eigenvalue weighted by Crippen LogP contribution is -2.03. The molecule has 0 unspecified atom stereocenters. The maximum Gasteiger partial charge on any atom is 0.206 e. The predicted molar refractivity (Wildman–Crippen MR) is 77.9 cm³/mol. The number of ether oxygens (including phenoxy) is 1. The third kappa shape index (κ3) is 2.49. The van der Waals surface area contributed by atoms with E-state index in [2.05, 4.69) is 15.9 Å². The quantitative estimate of drug-likeness (QED) is 0.784. The Morgan fingerprint density at radius 2 is 2.00 bits per heavy atom. The van der Waals surface area contributed by atoms with Crippen LogP contribution >= 0.6 is 27.3 Å². The summed E-state index contributed by atoms with van der Waals surface area (Å²) in [6, 6.07) is 7.48. The van der Waals surface area contributed by atoms with Crippen LogP contribution in [0.25, 0.3) is 0 Å². The van der Waals surface area contributed by atoms with E-state index in [1.165, 1.54) is 11.3 Å². The summed E-state index contributed by atoms with van der Waals surface area (Å²) in [6.45, 7) is 3.97. The second-order valence-corrected chi connectivity index (χ2v) is 6.21. The Bertz CT molecular complexity index is 602. The summed E-state index contributed by atoms with van der Waals surface area (Å²) in [5.74, 6) is 0.620. The van der Waals surface area contributed by atoms with Gasteiger partial charge in [-0.3, -0.25) is 4.79 Å². The second-order valence-electron chi connectivity index (χ2n) is 4.04. The summed E-state index contributed by atoms with van der Waals surface area (Å²) in [6.07, 6.45) is 0. The van der Waals surface area contributed by atoms with Gasteiger partial charge in [0, 0.05) is 9.35 Å². The highest BCUT2D eigenvalue weighted by Crippen LogP contribution is 2.29. The number of hydrogen-bond acceptors (Lipinski definition) is 3. The number of thiophene rings is 1. The SMILES string of the molecule is COc1cc(Br)ccc1C(=O)c1sc(C)cc1C. The van der Waals surface area contributed by atoms with Crippen molar-refractivity contribution in [2.45, 2.75) is 13.8 Å². The minimum atomic E-state index is 0.0231. The number of ketones is 1. The largest absolute Gasteiger partial charge is 0.496 e. The van der Waals surface area contributed by atoms with Gasteiger partial charge in [0.15, 0.2) is 0 Å². The van der Waals surface area contributed by atoms with Crippen LogP contribution in [-0.4, -0.2) is 12.9 Å². The first-order valence-corrected chi connectivity index (χ1v) is 7.09. The molecular formula is C14H13BrO2S. The highest BCUT2D eigenvalue weighted by Gasteiger charge is 2.18. The smallest absolute Gasteiger partial charge is 0.206 e. The van der Waals surface area contributed by atoms with Gasteiger partial charge in [-0.05, 0) is 43.7 Å². The van der Waals surface area contributed by atoms with E-state index in [1.54, 1.807) is 13.2 Å². The van der Waals surface area contributed by atoms with Crippen molar-refractivity contribution in [3.05, 3.63) is 49.6 Å². The maximum absolute atomic E-state index is 12.5. The van der Waals surface area contributed by atoms with Crippen LogP contribution in [0.3, 0.4) is 0 Å². The first-order valence-electron chi connectivity index (χ1n) is 5.48. The van der Waals surface area contributed by atoms with E-state index in [0.717, 1.165) is 19.8 Å². The standard InChI is InChI=1S/C14H13BrO2S/c1-8-6-9(2)18-14(8)13(16)11-5-4-10(15)7-12(11)17-3/h4-7H,1-3H3. The molecule has 1 heterocycles. The van der Waals surface area contributed by atoms with Gasteiger partial charge in [0.1, 0.15) is 5.75 Å². The average Bonchev–Trinajstić information content (AvgIpc) is 2.67. The fourth-order valence-corrected chi connectivity index (χ4v) is 3.16. The molecule has 0 radical (unpaired) electrons. The maximum atomic E-state index is 12.5. The number of benzene rings is 1. The number of aryl methyl sites for hydroxylation is 2. The van der Waals surface area contributed by atoms with Gasteiger partial charge >= 0.3 is 0 Å². The number of hydrogen-bond donors (Lipinski definition) is 0. The van der Waals surface area contributed by atoms with Crippen LogP contribution in [0.4, 0.5) is 0 Å². The van der Waals surface area contributed by atoms with Gasteiger partial charge in [-0.1, -0.05) is 15.9 Å². The van der Waals surface area contributed by atoms with Gasteiger partial charge in [0.05, 0.1) is 17.6 Å². The molecule has 0 amide bonds.